The zero-order chi connectivity index (χ0) is 24.5. The lowest BCUT2D eigenvalue weighted by Crippen LogP contribution is -2.59. The van der Waals surface area contributed by atoms with Crippen molar-refractivity contribution in [2.45, 2.75) is 97.3 Å². The van der Waals surface area contributed by atoms with Crippen LogP contribution in [0.1, 0.15) is 94.9 Å². The van der Waals surface area contributed by atoms with E-state index in [1.165, 1.54) is 29.5 Å². The molecule has 1 atom stereocenters. The van der Waals surface area contributed by atoms with Crippen molar-refractivity contribution in [1.82, 2.24) is 10.2 Å². The van der Waals surface area contributed by atoms with Crippen LogP contribution in [0.2, 0.25) is 0 Å². The van der Waals surface area contributed by atoms with Crippen molar-refractivity contribution in [3.05, 3.63) is 28.3 Å². The average molecular weight is 467 g/mol. The molecule has 0 bridgehead atoms. The van der Waals surface area contributed by atoms with Crippen molar-refractivity contribution in [2.24, 2.45) is 5.92 Å². The molecule has 6 nitrogen and oxygen atoms in total. The number of fused-ring (bicyclic) bond motifs is 1. The Morgan fingerprint density at radius 1 is 1.26 bits per heavy atom. The molecule has 1 saturated carbocycles. The molecule has 0 radical (unpaired) electrons. The van der Waals surface area contributed by atoms with Gasteiger partial charge in [0, 0.05) is 32.6 Å². The molecule has 0 aromatic heterocycles. The second kappa shape index (κ2) is 10.2. The van der Waals surface area contributed by atoms with Gasteiger partial charge in [-0.05, 0) is 67.7 Å². The van der Waals surface area contributed by atoms with Gasteiger partial charge in [-0.3, -0.25) is 0 Å². The maximum absolute atomic E-state index is 13.0. The van der Waals surface area contributed by atoms with Gasteiger partial charge in [0.05, 0.1) is 29.5 Å². The molecule has 1 unspecified atom stereocenters. The maximum Gasteiger partial charge on any atom is 0.317 e. The van der Waals surface area contributed by atoms with Gasteiger partial charge in [0.1, 0.15) is 6.07 Å². The Balaban J connectivity index is 1.60. The molecule has 1 aromatic carbocycles. The van der Waals surface area contributed by atoms with Gasteiger partial charge < -0.3 is 19.9 Å². The van der Waals surface area contributed by atoms with Crippen molar-refractivity contribution in [1.29, 1.82) is 5.26 Å². The van der Waals surface area contributed by atoms with E-state index < -0.39 is 0 Å². The molecule has 0 spiro atoms. The summed E-state index contributed by atoms with van der Waals surface area (Å²) in [6, 6.07) is 5.03. The van der Waals surface area contributed by atoms with Crippen molar-refractivity contribution in [2.75, 3.05) is 31.1 Å². The van der Waals surface area contributed by atoms with Crippen LogP contribution in [0, 0.1) is 17.2 Å². The first-order chi connectivity index (χ1) is 16.3. The highest BCUT2D eigenvalue weighted by atomic mass is 16.5. The zero-order valence-electron chi connectivity index (χ0n) is 21.7. The number of anilines is 1. The number of ether oxygens (including phenoxy) is 1. The molecule has 2 amide bonds. The van der Waals surface area contributed by atoms with Crippen molar-refractivity contribution < 1.29 is 9.53 Å². The predicted molar refractivity (Wildman–Crippen MR) is 136 cm³/mol. The number of hydrogen-bond donors (Lipinski definition) is 1. The van der Waals surface area contributed by atoms with Gasteiger partial charge in [-0.15, -0.1) is 0 Å². The summed E-state index contributed by atoms with van der Waals surface area (Å²) in [7, 11) is 0. The molecule has 6 heteroatoms. The zero-order valence-corrected chi connectivity index (χ0v) is 21.7. The number of urea groups is 1. The quantitative estimate of drug-likeness (QED) is 0.551. The van der Waals surface area contributed by atoms with E-state index in [1.54, 1.807) is 0 Å². The number of piperazine rings is 1. The van der Waals surface area contributed by atoms with Crippen LogP contribution in [0.25, 0.3) is 0 Å². The largest absolute Gasteiger partial charge is 0.371 e. The molecule has 1 aromatic rings. The van der Waals surface area contributed by atoms with E-state index in [9.17, 15) is 10.1 Å². The topological polar surface area (TPSA) is 68.6 Å². The number of rotatable bonds is 7. The van der Waals surface area contributed by atoms with Gasteiger partial charge in [-0.1, -0.05) is 33.6 Å². The van der Waals surface area contributed by atoms with Crippen molar-refractivity contribution >= 4 is 11.7 Å². The highest BCUT2D eigenvalue weighted by molar-refractivity contribution is 5.75. The summed E-state index contributed by atoms with van der Waals surface area (Å²) < 4.78 is 6.16. The second-order valence-corrected chi connectivity index (χ2v) is 11.3. The van der Waals surface area contributed by atoms with Crippen LogP contribution in [0.4, 0.5) is 10.5 Å². The fourth-order valence-electron chi connectivity index (χ4n) is 5.55. The number of carbonyl (C=O) groups excluding carboxylic acids is 1. The van der Waals surface area contributed by atoms with E-state index in [2.05, 4.69) is 57.0 Å². The maximum atomic E-state index is 13.0. The Kier molecular flexibility index (Phi) is 7.42. The lowest BCUT2D eigenvalue weighted by molar-refractivity contribution is -0.0405. The summed E-state index contributed by atoms with van der Waals surface area (Å²) in [4.78, 5) is 17.4. The van der Waals surface area contributed by atoms with E-state index in [0.29, 0.717) is 25.0 Å². The molecular weight excluding hydrogens is 424 g/mol. The Labute approximate surface area is 205 Å². The Morgan fingerprint density at radius 3 is 2.68 bits per heavy atom. The summed E-state index contributed by atoms with van der Waals surface area (Å²) in [5.74, 6) is 0.934. The number of unbranched alkanes of at least 4 members (excludes halogenated alkanes) is 2. The van der Waals surface area contributed by atoms with Crippen LogP contribution >= 0.6 is 0 Å². The highest BCUT2D eigenvalue weighted by Crippen LogP contribution is 2.47. The first-order valence-electron chi connectivity index (χ1n) is 13.3. The number of nitriles is 1. The molecule has 186 valence electrons. The van der Waals surface area contributed by atoms with Crippen molar-refractivity contribution in [3.63, 3.8) is 0 Å². The number of nitrogens with zero attached hydrogens (tertiary/aromatic N) is 3. The summed E-state index contributed by atoms with van der Waals surface area (Å²) in [5, 5.41) is 13.4. The summed E-state index contributed by atoms with van der Waals surface area (Å²) >= 11 is 0. The van der Waals surface area contributed by atoms with Crippen LogP contribution in [-0.2, 0) is 17.8 Å². The molecule has 2 aliphatic heterocycles. The van der Waals surface area contributed by atoms with E-state index >= 15 is 0 Å². The normalized spacial score (nSPS) is 21.9. The van der Waals surface area contributed by atoms with Crippen molar-refractivity contribution in [3.8, 4) is 6.07 Å². The molecule has 2 fully saturated rings. The standard InChI is InChI=1S/C28H42N4O2/c1-6-7-8-11-30-27(33)32-13-12-31(17-26(32)19(2)3)25-14-21(20-9-10-20)24-18-34-28(4,5)15-22(24)23(25)16-29/h14,19-20,26H,6-13,15,17-18H2,1-5H3,(H,30,33). The monoisotopic (exact) mass is 466 g/mol. The average Bonchev–Trinajstić information content (AvgIpc) is 3.65. The van der Waals surface area contributed by atoms with Crippen LogP contribution in [0.3, 0.4) is 0 Å². The van der Waals surface area contributed by atoms with Gasteiger partial charge in [0.25, 0.3) is 0 Å². The first kappa shape index (κ1) is 24.9. The van der Waals surface area contributed by atoms with Gasteiger partial charge in [-0.2, -0.15) is 5.26 Å². The third-order valence-electron chi connectivity index (χ3n) is 7.75. The Hall–Kier alpha value is -2.26. The SMILES string of the molecule is CCCCCNC(=O)N1CCN(c2cc(C3CC3)c3c(c2C#N)CC(C)(C)OC3)CC1C(C)C. The summed E-state index contributed by atoms with van der Waals surface area (Å²) in [6.07, 6.45) is 6.54. The second-order valence-electron chi connectivity index (χ2n) is 11.3. The third-order valence-corrected chi connectivity index (χ3v) is 7.75. The lowest BCUT2D eigenvalue weighted by atomic mass is 9.83. The molecule has 3 aliphatic rings. The number of nitrogens with one attached hydrogen (secondary N) is 1. The van der Waals surface area contributed by atoms with E-state index in [0.717, 1.165) is 56.6 Å². The fourth-order valence-corrected chi connectivity index (χ4v) is 5.55. The van der Waals surface area contributed by atoms with Crippen LogP contribution in [0.15, 0.2) is 6.07 Å². The predicted octanol–water partition coefficient (Wildman–Crippen LogP) is 5.33. The van der Waals surface area contributed by atoms with E-state index in [1.807, 2.05) is 4.90 Å². The Morgan fingerprint density at radius 2 is 2.03 bits per heavy atom. The summed E-state index contributed by atoms with van der Waals surface area (Å²) in [5.41, 5.74) is 5.46. The van der Waals surface area contributed by atoms with E-state index in [4.69, 9.17) is 4.74 Å². The van der Waals surface area contributed by atoms with E-state index in [-0.39, 0.29) is 17.7 Å². The highest BCUT2D eigenvalue weighted by Gasteiger charge is 2.38. The first-order valence-corrected chi connectivity index (χ1v) is 13.3. The number of benzene rings is 1. The molecule has 1 saturated heterocycles. The van der Waals surface area contributed by atoms with Crippen LogP contribution in [0.5, 0.6) is 0 Å². The van der Waals surface area contributed by atoms with Gasteiger partial charge in [0.2, 0.25) is 0 Å². The number of carbonyl (C=O) groups is 1. The molecule has 1 aliphatic carbocycles. The molecular formula is C28H42N4O2. The smallest absolute Gasteiger partial charge is 0.317 e. The Bertz CT molecular complexity index is 945. The minimum absolute atomic E-state index is 0.0537. The minimum atomic E-state index is -0.257. The van der Waals surface area contributed by atoms with Crippen LogP contribution in [-0.4, -0.2) is 48.8 Å². The fraction of sp³-hybridized carbons (Fsp3) is 0.714. The number of amides is 2. The molecule has 2 heterocycles. The number of hydrogen-bond acceptors (Lipinski definition) is 4. The summed E-state index contributed by atoms with van der Waals surface area (Å²) in [6.45, 7) is 14.3. The molecule has 1 N–H and O–H groups in total. The van der Waals surface area contributed by atoms with Gasteiger partial charge in [-0.25, -0.2) is 4.79 Å². The van der Waals surface area contributed by atoms with Crippen LogP contribution < -0.4 is 10.2 Å². The van der Waals surface area contributed by atoms with Gasteiger partial charge >= 0.3 is 6.03 Å². The molecule has 4 rings (SSSR count). The minimum Gasteiger partial charge on any atom is -0.371 e. The van der Waals surface area contributed by atoms with Gasteiger partial charge in [0.15, 0.2) is 0 Å². The third kappa shape index (κ3) is 5.20. The molecule has 34 heavy (non-hydrogen) atoms. The lowest BCUT2D eigenvalue weighted by Gasteiger charge is -2.45.